The van der Waals surface area contributed by atoms with Gasteiger partial charge in [0.05, 0.1) is 11.0 Å². The van der Waals surface area contributed by atoms with Crippen molar-refractivity contribution in [3.8, 4) is 16.8 Å². The van der Waals surface area contributed by atoms with Crippen LogP contribution in [0.15, 0.2) is 115 Å². The zero-order valence-corrected chi connectivity index (χ0v) is 18.4. The second-order valence-electron chi connectivity index (χ2n) is 8.73. The number of rotatable bonds is 2. The number of nitrogens with zero attached hydrogens (tertiary/aromatic N) is 2. The van der Waals surface area contributed by atoms with Crippen molar-refractivity contribution in [2.75, 3.05) is 0 Å². The van der Waals surface area contributed by atoms with Crippen molar-refractivity contribution in [1.82, 2.24) is 9.13 Å². The molecule has 5 aromatic carbocycles. The van der Waals surface area contributed by atoms with Crippen LogP contribution in [-0.4, -0.2) is 9.13 Å². The Bertz CT molecular complexity index is 1820. The van der Waals surface area contributed by atoms with E-state index in [1.54, 1.807) is 0 Å². The normalized spacial score (nSPS) is 11.8. The standard InChI is InChI=1S/C31H22N2/c1-32-28-13-7-5-11-24(28)26-19-21(15-17-29(26)32)22-16-18-31-27(20-22)25-12-6-8-14-30(25)33(31)23-9-3-2-4-10-23/h2-20H,1H3. The van der Waals surface area contributed by atoms with Crippen LogP contribution in [0.4, 0.5) is 0 Å². The van der Waals surface area contributed by atoms with E-state index in [4.69, 9.17) is 0 Å². The Kier molecular flexibility index (Phi) is 3.80. The van der Waals surface area contributed by atoms with Crippen molar-refractivity contribution in [2.45, 2.75) is 0 Å². The lowest BCUT2D eigenvalue weighted by Crippen LogP contribution is -1.92. The summed E-state index contributed by atoms with van der Waals surface area (Å²) in [5.41, 5.74) is 8.68. The van der Waals surface area contributed by atoms with E-state index in [-0.39, 0.29) is 0 Å². The van der Waals surface area contributed by atoms with Gasteiger partial charge >= 0.3 is 0 Å². The average Bonchev–Trinajstić information content (AvgIpc) is 3.36. The molecule has 7 aromatic rings. The van der Waals surface area contributed by atoms with Gasteiger partial charge in [-0.15, -0.1) is 0 Å². The van der Waals surface area contributed by atoms with Gasteiger partial charge in [-0.05, 0) is 59.7 Å². The van der Waals surface area contributed by atoms with Crippen LogP contribution in [0.2, 0.25) is 0 Å². The summed E-state index contributed by atoms with van der Waals surface area (Å²) in [6.45, 7) is 0. The quantitative estimate of drug-likeness (QED) is 0.266. The average molecular weight is 423 g/mol. The zero-order valence-electron chi connectivity index (χ0n) is 18.4. The Morgan fingerprint density at radius 2 is 0.909 bits per heavy atom. The number of para-hydroxylation sites is 3. The molecule has 0 saturated carbocycles. The Hall–Kier alpha value is -4.30. The van der Waals surface area contributed by atoms with Crippen LogP contribution in [0.25, 0.3) is 60.4 Å². The summed E-state index contributed by atoms with van der Waals surface area (Å²) in [7, 11) is 2.15. The third-order valence-corrected chi connectivity index (χ3v) is 6.93. The second kappa shape index (κ2) is 6.85. The molecular formula is C31H22N2. The summed E-state index contributed by atoms with van der Waals surface area (Å²) in [6.07, 6.45) is 0. The lowest BCUT2D eigenvalue weighted by molar-refractivity contribution is 1.01. The van der Waals surface area contributed by atoms with Gasteiger partial charge in [0.2, 0.25) is 0 Å². The third-order valence-electron chi connectivity index (χ3n) is 6.93. The number of fused-ring (bicyclic) bond motifs is 6. The molecule has 0 aliphatic heterocycles. The van der Waals surface area contributed by atoms with Gasteiger partial charge in [-0.2, -0.15) is 0 Å². The fourth-order valence-electron chi connectivity index (χ4n) is 5.36. The Morgan fingerprint density at radius 1 is 0.424 bits per heavy atom. The Balaban J connectivity index is 1.49. The van der Waals surface area contributed by atoms with E-state index < -0.39 is 0 Å². The molecule has 0 aliphatic rings. The number of aromatic nitrogens is 2. The third kappa shape index (κ3) is 2.61. The highest BCUT2D eigenvalue weighted by atomic mass is 15.0. The molecular weight excluding hydrogens is 400 g/mol. The molecule has 0 atom stereocenters. The van der Waals surface area contributed by atoms with Gasteiger partial charge in [-0.3, -0.25) is 0 Å². The van der Waals surface area contributed by atoms with Crippen LogP contribution in [0, 0.1) is 0 Å². The predicted octanol–water partition coefficient (Wildman–Crippen LogP) is 8.10. The minimum atomic E-state index is 1.19. The van der Waals surface area contributed by atoms with E-state index in [1.165, 1.54) is 60.4 Å². The van der Waals surface area contributed by atoms with Crippen molar-refractivity contribution in [3.05, 3.63) is 115 Å². The Labute approximate surface area is 191 Å². The fraction of sp³-hybridized carbons (Fsp3) is 0.0323. The predicted molar refractivity (Wildman–Crippen MR) is 140 cm³/mol. The number of hydrogen-bond acceptors (Lipinski definition) is 0. The van der Waals surface area contributed by atoms with Gasteiger partial charge in [-0.25, -0.2) is 0 Å². The fourth-order valence-corrected chi connectivity index (χ4v) is 5.36. The Morgan fingerprint density at radius 3 is 1.64 bits per heavy atom. The summed E-state index contributed by atoms with van der Waals surface area (Å²) < 4.78 is 4.65. The van der Waals surface area contributed by atoms with Crippen molar-refractivity contribution in [3.63, 3.8) is 0 Å². The molecule has 33 heavy (non-hydrogen) atoms. The molecule has 2 nitrogen and oxygen atoms in total. The van der Waals surface area contributed by atoms with E-state index in [0.717, 1.165) is 0 Å². The van der Waals surface area contributed by atoms with Gasteiger partial charge in [0.15, 0.2) is 0 Å². The van der Waals surface area contributed by atoms with E-state index in [2.05, 4.69) is 131 Å². The highest BCUT2D eigenvalue weighted by Gasteiger charge is 2.14. The van der Waals surface area contributed by atoms with Gasteiger partial charge in [0, 0.05) is 45.3 Å². The first-order chi connectivity index (χ1) is 16.3. The lowest BCUT2D eigenvalue weighted by atomic mass is 10.0. The molecule has 0 spiro atoms. The van der Waals surface area contributed by atoms with Gasteiger partial charge < -0.3 is 9.13 Å². The molecule has 0 amide bonds. The molecule has 0 fully saturated rings. The first-order valence-corrected chi connectivity index (χ1v) is 11.4. The summed E-state index contributed by atoms with van der Waals surface area (Å²) in [5, 5.41) is 5.17. The maximum atomic E-state index is 2.36. The molecule has 2 aromatic heterocycles. The van der Waals surface area contributed by atoms with Crippen LogP contribution < -0.4 is 0 Å². The molecule has 7 rings (SSSR count). The lowest BCUT2D eigenvalue weighted by Gasteiger charge is -2.08. The minimum absolute atomic E-state index is 1.19. The van der Waals surface area contributed by atoms with Crippen LogP contribution in [0.3, 0.4) is 0 Å². The van der Waals surface area contributed by atoms with Crippen molar-refractivity contribution in [1.29, 1.82) is 0 Å². The second-order valence-corrected chi connectivity index (χ2v) is 8.73. The van der Waals surface area contributed by atoms with Crippen LogP contribution in [0.5, 0.6) is 0 Å². The smallest absolute Gasteiger partial charge is 0.0541 e. The van der Waals surface area contributed by atoms with Gasteiger partial charge in [0.1, 0.15) is 0 Å². The van der Waals surface area contributed by atoms with Crippen molar-refractivity contribution >= 4 is 43.6 Å². The first-order valence-electron chi connectivity index (χ1n) is 11.4. The minimum Gasteiger partial charge on any atom is -0.344 e. The largest absolute Gasteiger partial charge is 0.344 e. The highest BCUT2D eigenvalue weighted by Crippen LogP contribution is 2.36. The molecule has 0 aliphatic carbocycles. The van der Waals surface area contributed by atoms with E-state index in [9.17, 15) is 0 Å². The van der Waals surface area contributed by atoms with E-state index >= 15 is 0 Å². The van der Waals surface area contributed by atoms with Gasteiger partial charge in [0.25, 0.3) is 0 Å². The summed E-state index contributed by atoms with van der Waals surface area (Å²) in [4.78, 5) is 0. The SMILES string of the molecule is Cn1c2ccccc2c2cc(-c3ccc4c(c3)c3ccccc3n4-c3ccccc3)ccc21. The molecule has 0 bridgehead atoms. The van der Waals surface area contributed by atoms with Crippen LogP contribution in [0.1, 0.15) is 0 Å². The maximum Gasteiger partial charge on any atom is 0.0541 e. The number of benzene rings is 5. The molecule has 0 saturated heterocycles. The first kappa shape index (κ1) is 18.3. The monoisotopic (exact) mass is 422 g/mol. The molecule has 156 valence electrons. The van der Waals surface area contributed by atoms with Crippen LogP contribution in [-0.2, 0) is 7.05 Å². The topological polar surface area (TPSA) is 9.86 Å². The molecule has 0 unspecified atom stereocenters. The zero-order chi connectivity index (χ0) is 21.9. The summed E-state index contributed by atoms with van der Waals surface area (Å²) >= 11 is 0. The van der Waals surface area contributed by atoms with Crippen LogP contribution >= 0.6 is 0 Å². The maximum absolute atomic E-state index is 2.36. The molecule has 0 radical (unpaired) electrons. The summed E-state index contributed by atoms with van der Waals surface area (Å²) in [6, 6.07) is 41.7. The molecule has 0 N–H and O–H groups in total. The van der Waals surface area contributed by atoms with Crippen molar-refractivity contribution in [2.24, 2.45) is 7.05 Å². The van der Waals surface area contributed by atoms with Crippen molar-refractivity contribution < 1.29 is 0 Å². The number of aryl methyl sites for hydroxylation is 1. The highest BCUT2D eigenvalue weighted by molar-refractivity contribution is 6.12. The number of hydrogen-bond donors (Lipinski definition) is 0. The van der Waals surface area contributed by atoms with E-state index in [0.29, 0.717) is 0 Å². The van der Waals surface area contributed by atoms with E-state index in [1.807, 2.05) is 0 Å². The summed E-state index contributed by atoms with van der Waals surface area (Å²) in [5.74, 6) is 0. The molecule has 2 heteroatoms. The molecule has 2 heterocycles. The van der Waals surface area contributed by atoms with Gasteiger partial charge in [-0.1, -0.05) is 66.7 Å².